The van der Waals surface area contributed by atoms with E-state index in [1.165, 1.54) is 68.9 Å². The molecule has 0 heterocycles. The third-order valence-corrected chi connectivity index (χ3v) is 5.96. The molecule has 0 radical (unpaired) electrons. The fourth-order valence-corrected chi connectivity index (χ4v) is 4.23. The molecular weight excluding hydrogens is 328 g/mol. The van der Waals surface area contributed by atoms with Crippen molar-refractivity contribution in [1.82, 2.24) is 0 Å². The lowest BCUT2D eigenvalue weighted by Gasteiger charge is -2.25. The molecule has 1 atom stereocenters. The average molecular weight is 365 g/mol. The maximum absolute atomic E-state index is 5.84. The summed E-state index contributed by atoms with van der Waals surface area (Å²) in [5.41, 5.74) is 5.79. The minimum absolute atomic E-state index is 0.825. The second-order valence-corrected chi connectivity index (χ2v) is 8.17. The summed E-state index contributed by atoms with van der Waals surface area (Å²) < 4.78 is 5.84. The smallest absolute Gasteiger partial charge is 0.119 e. The minimum atomic E-state index is 0.825. The molecule has 3 rings (SSSR count). The molecule has 0 bridgehead atoms. The van der Waals surface area contributed by atoms with Gasteiger partial charge in [0, 0.05) is 0 Å². The van der Waals surface area contributed by atoms with Crippen molar-refractivity contribution in [2.45, 2.75) is 78.1 Å². The third-order valence-electron chi connectivity index (χ3n) is 5.96. The van der Waals surface area contributed by atoms with Gasteiger partial charge in [0.05, 0.1) is 6.61 Å². The number of rotatable bonds is 10. The Bertz CT molecular complexity index is 686. The zero-order chi connectivity index (χ0) is 18.9. The van der Waals surface area contributed by atoms with Crippen LogP contribution in [0.3, 0.4) is 0 Å². The number of hydrogen-bond acceptors (Lipinski definition) is 1. The van der Waals surface area contributed by atoms with Gasteiger partial charge in [0.25, 0.3) is 0 Å². The van der Waals surface area contributed by atoms with Crippen LogP contribution < -0.4 is 4.74 Å². The van der Waals surface area contributed by atoms with E-state index in [1.54, 1.807) is 11.1 Å². The molecule has 0 aromatic heterocycles. The lowest BCUT2D eigenvalue weighted by molar-refractivity contribution is 0.306. The van der Waals surface area contributed by atoms with Crippen molar-refractivity contribution in [3.05, 3.63) is 53.6 Å². The molecule has 1 heteroatoms. The molecule has 2 aromatic carbocycles. The van der Waals surface area contributed by atoms with Crippen molar-refractivity contribution < 1.29 is 4.74 Å². The monoisotopic (exact) mass is 364 g/mol. The number of fused-ring (bicyclic) bond motifs is 1. The molecule has 2 aromatic rings. The van der Waals surface area contributed by atoms with Gasteiger partial charge in [-0.3, -0.25) is 0 Å². The molecule has 1 nitrogen and oxygen atoms in total. The second-order valence-electron chi connectivity index (χ2n) is 8.17. The van der Waals surface area contributed by atoms with Gasteiger partial charge in [0.1, 0.15) is 5.75 Å². The Kier molecular flexibility index (Phi) is 7.80. The van der Waals surface area contributed by atoms with Crippen LogP contribution >= 0.6 is 0 Å². The second kappa shape index (κ2) is 10.5. The van der Waals surface area contributed by atoms with E-state index in [0.29, 0.717) is 0 Å². The van der Waals surface area contributed by atoms with Gasteiger partial charge in [0.2, 0.25) is 0 Å². The van der Waals surface area contributed by atoms with E-state index in [2.05, 4.69) is 56.3 Å². The molecule has 0 N–H and O–H groups in total. The van der Waals surface area contributed by atoms with Gasteiger partial charge < -0.3 is 4.74 Å². The molecule has 0 aliphatic heterocycles. The summed E-state index contributed by atoms with van der Waals surface area (Å²) in [4.78, 5) is 0. The maximum Gasteiger partial charge on any atom is 0.119 e. The van der Waals surface area contributed by atoms with Crippen molar-refractivity contribution in [3.63, 3.8) is 0 Å². The van der Waals surface area contributed by atoms with Crippen LogP contribution in [0.4, 0.5) is 0 Å². The van der Waals surface area contributed by atoms with Gasteiger partial charge in [-0.05, 0) is 66.0 Å². The van der Waals surface area contributed by atoms with E-state index in [4.69, 9.17) is 4.74 Å². The Labute approximate surface area is 166 Å². The molecule has 1 unspecified atom stereocenters. The van der Waals surface area contributed by atoms with Crippen LogP contribution in [0.15, 0.2) is 42.5 Å². The molecular formula is C26H36O. The quantitative estimate of drug-likeness (QED) is 0.394. The Morgan fingerprint density at radius 1 is 0.815 bits per heavy atom. The van der Waals surface area contributed by atoms with Crippen LogP contribution in [0.25, 0.3) is 11.1 Å². The van der Waals surface area contributed by atoms with Gasteiger partial charge in [-0.25, -0.2) is 0 Å². The summed E-state index contributed by atoms with van der Waals surface area (Å²) in [6.07, 6.45) is 13.1. The molecule has 0 spiro atoms. The molecule has 146 valence electrons. The zero-order valence-corrected chi connectivity index (χ0v) is 17.3. The van der Waals surface area contributed by atoms with Gasteiger partial charge in [-0.2, -0.15) is 0 Å². The normalized spacial score (nSPS) is 16.1. The standard InChI is InChI=1S/C26H36O/c1-3-5-7-9-21-10-11-25-20-24(13-12-23(25)19-21)22-14-16-26(17-15-22)27-18-8-6-4-2/h12-17,20-21H,3-11,18-19H2,1-2H3. The highest BCUT2D eigenvalue weighted by atomic mass is 16.5. The predicted octanol–water partition coefficient (Wildman–Crippen LogP) is 7.61. The Morgan fingerprint density at radius 3 is 2.33 bits per heavy atom. The minimum Gasteiger partial charge on any atom is -0.494 e. The fraction of sp³-hybridized carbons (Fsp3) is 0.538. The topological polar surface area (TPSA) is 9.23 Å². The van der Waals surface area contributed by atoms with E-state index in [0.717, 1.165) is 24.7 Å². The van der Waals surface area contributed by atoms with Gasteiger partial charge in [-0.1, -0.05) is 82.7 Å². The fourth-order valence-electron chi connectivity index (χ4n) is 4.23. The van der Waals surface area contributed by atoms with E-state index in [9.17, 15) is 0 Å². The van der Waals surface area contributed by atoms with E-state index < -0.39 is 0 Å². The van der Waals surface area contributed by atoms with Crippen molar-refractivity contribution in [2.75, 3.05) is 6.61 Å². The molecule has 0 fully saturated rings. The van der Waals surface area contributed by atoms with Crippen LogP contribution in [0, 0.1) is 5.92 Å². The van der Waals surface area contributed by atoms with Gasteiger partial charge in [-0.15, -0.1) is 0 Å². The molecule has 0 saturated heterocycles. The Morgan fingerprint density at radius 2 is 1.56 bits per heavy atom. The summed E-state index contributed by atoms with van der Waals surface area (Å²) in [6.45, 7) is 5.34. The number of benzene rings is 2. The average Bonchev–Trinajstić information content (AvgIpc) is 2.71. The summed E-state index contributed by atoms with van der Waals surface area (Å²) >= 11 is 0. The predicted molar refractivity (Wildman–Crippen MR) is 117 cm³/mol. The van der Waals surface area contributed by atoms with Gasteiger partial charge >= 0.3 is 0 Å². The zero-order valence-electron chi connectivity index (χ0n) is 17.3. The van der Waals surface area contributed by atoms with E-state index in [-0.39, 0.29) is 0 Å². The lowest BCUT2D eigenvalue weighted by atomic mass is 9.80. The van der Waals surface area contributed by atoms with Crippen molar-refractivity contribution in [2.24, 2.45) is 5.92 Å². The number of unbranched alkanes of at least 4 members (excludes halogenated alkanes) is 4. The Hall–Kier alpha value is -1.76. The molecule has 0 saturated carbocycles. The summed E-state index contributed by atoms with van der Waals surface area (Å²) in [5.74, 6) is 1.89. The highest BCUT2D eigenvalue weighted by Gasteiger charge is 2.18. The van der Waals surface area contributed by atoms with Crippen LogP contribution in [0.1, 0.15) is 76.3 Å². The van der Waals surface area contributed by atoms with Crippen LogP contribution in [0.5, 0.6) is 5.75 Å². The first-order valence-corrected chi connectivity index (χ1v) is 11.1. The van der Waals surface area contributed by atoms with Crippen molar-refractivity contribution >= 4 is 0 Å². The lowest BCUT2D eigenvalue weighted by Crippen LogP contribution is -2.14. The van der Waals surface area contributed by atoms with Crippen LogP contribution in [-0.2, 0) is 12.8 Å². The summed E-state index contributed by atoms with van der Waals surface area (Å²) in [6, 6.07) is 15.8. The van der Waals surface area contributed by atoms with Crippen molar-refractivity contribution in [3.8, 4) is 16.9 Å². The molecule has 0 amide bonds. The molecule has 1 aliphatic rings. The molecule has 27 heavy (non-hydrogen) atoms. The van der Waals surface area contributed by atoms with E-state index >= 15 is 0 Å². The largest absolute Gasteiger partial charge is 0.494 e. The summed E-state index contributed by atoms with van der Waals surface area (Å²) in [7, 11) is 0. The SMILES string of the molecule is CCCCCOc1ccc(-c2ccc3c(c2)CCC(CCCCC)C3)cc1. The third kappa shape index (κ3) is 5.86. The highest BCUT2D eigenvalue weighted by molar-refractivity contribution is 5.65. The van der Waals surface area contributed by atoms with Crippen LogP contribution in [0.2, 0.25) is 0 Å². The van der Waals surface area contributed by atoms with Crippen LogP contribution in [-0.4, -0.2) is 6.61 Å². The molecule has 1 aliphatic carbocycles. The first-order chi connectivity index (χ1) is 13.3. The number of aryl methyl sites for hydroxylation is 1. The number of ether oxygens (including phenoxy) is 1. The van der Waals surface area contributed by atoms with Gasteiger partial charge in [0.15, 0.2) is 0 Å². The van der Waals surface area contributed by atoms with E-state index in [1.807, 2.05) is 0 Å². The maximum atomic E-state index is 5.84. The summed E-state index contributed by atoms with van der Waals surface area (Å²) in [5, 5.41) is 0. The highest BCUT2D eigenvalue weighted by Crippen LogP contribution is 2.32. The Balaban J connectivity index is 1.59. The first kappa shape index (κ1) is 20.0. The van der Waals surface area contributed by atoms with Crippen molar-refractivity contribution in [1.29, 1.82) is 0 Å². The first-order valence-electron chi connectivity index (χ1n) is 11.1. The number of hydrogen-bond donors (Lipinski definition) is 0.